The Morgan fingerprint density at radius 3 is 2.57 bits per heavy atom. The highest BCUT2D eigenvalue weighted by atomic mass is 19.3. The summed E-state index contributed by atoms with van der Waals surface area (Å²) in [5.41, 5.74) is -1.07. The van der Waals surface area contributed by atoms with Crippen LogP contribution in [-0.2, 0) is 0 Å². The van der Waals surface area contributed by atoms with Gasteiger partial charge in [-0.15, -0.1) is 12.3 Å². The monoisotopic (exact) mass is 200 g/mol. The molecule has 1 atom stereocenters. The van der Waals surface area contributed by atoms with Crippen LogP contribution in [0.1, 0.15) is 32.1 Å². The lowest BCUT2D eigenvalue weighted by atomic mass is 9.85. The quantitative estimate of drug-likeness (QED) is 0.421. The zero-order valence-electron chi connectivity index (χ0n) is 7.97. The predicted molar refractivity (Wildman–Crippen MR) is 51.0 cm³/mol. The fourth-order valence-corrected chi connectivity index (χ4v) is 1.53. The molecule has 1 aliphatic rings. The highest BCUT2D eigenvalue weighted by Crippen LogP contribution is 2.35. The summed E-state index contributed by atoms with van der Waals surface area (Å²) in [5.74, 6) is -0.294. The number of halogens is 2. The molecule has 0 aromatic rings. The minimum Gasteiger partial charge on any atom is -0.386 e. The Morgan fingerprint density at radius 1 is 1.36 bits per heavy atom. The Balaban J connectivity index is 2.49. The molecule has 1 nitrogen and oxygen atoms in total. The zero-order chi connectivity index (χ0) is 10.7. The Bertz CT molecular complexity index is 265. The van der Waals surface area contributed by atoms with Crippen molar-refractivity contribution in [3.63, 3.8) is 0 Å². The number of hydrogen-bond donors (Lipinski definition) is 1. The van der Waals surface area contributed by atoms with Crippen molar-refractivity contribution in [2.24, 2.45) is 0 Å². The number of alkyl halides is 2. The highest BCUT2D eigenvalue weighted by molar-refractivity contribution is 5.11. The smallest absolute Gasteiger partial charge is 0.266 e. The molecule has 1 rings (SSSR count). The van der Waals surface area contributed by atoms with Gasteiger partial charge in [0.05, 0.1) is 5.60 Å². The molecule has 0 spiro atoms. The van der Waals surface area contributed by atoms with Crippen molar-refractivity contribution in [2.45, 2.75) is 43.6 Å². The van der Waals surface area contributed by atoms with Crippen LogP contribution in [0.25, 0.3) is 0 Å². The summed E-state index contributed by atoms with van der Waals surface area (Å²) in [4.78, 5) is 0. The minimum atomic E-state index is -2.75. The fourth-order valence-electron chi connectivity index (χ4n) is 1.53. The summed E-state index contributed by atoms with van der Waals surface area (Å²) in [5, 5.41) is 9.84. The van der Waals surface area contributed by atoms with E-state index in [0.717, 1.165) is 6.08 Å². The molecule has 0 saturated carbocycles. The molecule has 14 heavy (non-hydrogen) atoms. The van der Waals surface area contributed by atoms with Crippen LogP contribution in [0.2, 0.25) is 0 Å². The van der Waals surface area contributed by atoms with Crippen molar-refractivity contribution in [3.05, 3.63) is 12.2 Å². The first-order chi connectivity index (χ1) is 6.47. The fraction of sp³-hybridized carbons (Fsp3) is 0.636. The molecule has 0 aromatic carbocycles. The van der Waals surface area contributed by atoms with Gasteiger partial charge in [-0.2, -0.15) is 0 Å². The maximum absolute atomic E-state index is 12.7. The summed E-state index contributed by atoms with van der Waals surface area (Å²) in [6.07, 6.45) is 8.61. The van der Waals surface area contributed by atoms with Crippen LogP contribution in [0, 0.1) is 12.3 Å². The Kier molecular flexibility index (Phi) is 3.28. The first-order valence-electron chi connectivity index (χ1n) is 4.72. The third-order valence-electron chi connectivity index (χ3n) is 2.46. The van der Waals surface area contributed by atoms with Gasteiger partial charge >= 0.3 is 0 Å². The molecule has 78 valence electrons. The molecular formula is C11H14F2O. The van der Waals surface area contributed by atoms with E-state index >= 15 is 0 Å². The van der Waals surface area contributed by atoms with E-state index in [1.54, 1.807) is 0 Å². The third-order valence-corrected chi connectivity index (χ3v) is 2.46. The first-order valence-corrected chi connectivity index (χ1v) is 4.72. The Labute approximate surface area is 82.8 Å². The number of aliphatic hydroxyl groups is 1. The second-order valence-electron chi connectivity index (χ2n) is 3.76. The lowest BCUT2D eigenvalue weighted by Gasteiger charge is -2.30. The number of allylic oxidation sites excluding steroid dienone is 1. The molecule has 3 heteroatoms. The molecule has 0 aromatic heterocycles. The molecule has 0 saturated heterocycles. The van der Waals surface area contributed by atoms with E-state index in [9.17, 15) is 13.9 Å². The van der Waals surface area contributed by atoms with Gasteiger partial charge in [-0.25, -0.2) is 8.78 Å². The molecule has 1 unspecified atom stereocenters. The molecule has 0 radical (unpaired) electrons. The van der Waals surface area contributed by atoms with Crippen molar-refractivity contribution in [1.29, 1.82) is 0 Å². The van der Waals surface area contributed by atoms with Gasteiger partial charge in [-0.05, 0) is 25.3 Å². The van der Waals surface area contributed by atoms with Crippen LogP contribution in [0.4, 0.5) is 8.78 Å². The van der Waals surface area contributed by atoms with E-state index < -0.39 is 11.5 Å². The molecule has 0 bridgehead atoms. The molecule has 0 fully saturated rings. The summed E-state index contributed by atoms with van der Waals surface area (Å²) in [7, 11) is 0. The second-order valence-corrected chi connectivity index (χ2v) is 3.76. The van der Waals surface area contributed by atoms with E-state index in [-0.39, 0.29) is 12.8 Å². The van der Waals surface area contributed by atoms with Gasteiger partial charge in [0.1, 0.15) is 0 Å². The van der Waals surface area contributed by atoms with Crippen molar-refractivity contribution >= 4 is 0 Å². The van der Waals surface area contributed by atoms with Crippen LogP contribution in [0.15, 0.2) is 12.2 Å². The number of terminal acetylenes is 1. The number of unbranched alkanes of at least 4 members (excludes halogenated alkanes) is 1. The van der Waals surface area contributed by atoms with Gasteiger partial charge in [0.2, 0.25) is 0 Å². The second kappa shape index (κ2) is 4.10. The lowest BCUT2D eigenvalue weighted by molar-refractivity contribution is -0.0153. The van der Waals surface area contributed by atoms with Gasteiger partial charge in [0, 0.05) is 12.8 Å². The van der Waals surface area contributed by atoms with Crippen molar-refractivity contribution < 1.29 is 13.9 Å². The maximum Gasteiger partial charge on any atom is 0.266 e. The molecule has 0 heterocycles. The van der Waals surface area contributed by atoms with E-state index in [4.69, 9.17) is 6.42 Å². The van der Waals surface area contributed by atoms with Crippen molar-refractivity contribution in [1.82, 2.24) is 0 Å². The average molecular weight is 200 g/mol. The average Bonchev–Trinajstić information content (AvgIpc) is 2.12. The van der Waals surface area contributed by atoms with Gasteiger partial charge in [-0.3, -0.25) is 0 Å². The molecule has 1 aliphatic carbocycles. The maximum atomic E-state index is 12.7. The van der Waals surface area contributed by atoms with Crippen LogP contribution >= 0.6 is 0 Å². The van der Waals surface area contributed by atoms with Crippen LogP contribution in [-0.4, -0.2) is 16.6 Å². The minimum absolute atomic E-state index is 0.112. The summed E-state index contributed by atoms with van der Waals surface area (Å²) < 4.78 is 25.4. The van der Waals surface area contributed by atoms with Gasteiger partial charge in [-0.1, -0.05) is 6.08 Å². The van der Waals surface area contributed by atoms with E-state index in [1.807, 2.05) is 0 Å². The molecule has 1 N–H and O–H groups in total. The molecule has 0 aliphatic heterocycles. The lowest BCUT2D eigenvalue weighted by Crippen LogP contribution is -2.33. The number of rotatable bonds is 3. The highest BCUT2D eigenvalue weighted by Gasteiger charge is 2.36. The topological polar surface area (TPSA) is 20.2 Å². The zero-order valence-corrected chi connectivity index (χ0v) is 7.97. The third kappa shape index (κ3) is 3.12. The molecular weight excluding hydrogens is 186 g/mol. The van der Waals surface area contributed by atoms with Gasteiger partial charge in [0.15, 0.2) is 0 Å². The Morgan fingerprint density at radius 2 is 2.07 bits per heavy atom. The first kappa shape index (κ1) is 11.2. The van der Waals surface area contributed by atoms with Crippen LogP contribution in [0.3, 0.4) is 0 Å². The van der Waals surface area contributed by atoms with E-state index in [0.29, 0.717) is 19.3 Å². The van der Waals surface area contributed by atoms with Crippen molar-refractivity contribution in [3.8, 4) is 12.3 Å². The number of hydrogen-bond acceptors (Lipinski definition) is 1. The van der Waals surface area contributed by atoms with Crippen molar-refractivity contribution in [2.75, 3.05) is 0 Å². The van der Waals surface area contributed by atoms with Crippen LogP contribution < -0.4 is 0 Å². The van der Waals surface area contributed by atoms with Gasteiger partial charge in [0.25, 0.3) is 5.92 Å². The Hall–Kier alpha value is -0.880. The normalized spacial score (nSPS) is 29.9. The standard InChI is InChI=1S/C11H14F2O/c1-2-3-4-5-10(14)6-8-11(12,13)9-7-10/h1,6,8,14H,3-5,7,9H2. The SMILES string of the molecule is C#CCCCC1(O)C=CC(F)(F)CC1. The summed E-state index contributed by atoms with van der Waals surface area (Å²) in [6, 6.07) is 0. The van der Waals surface area contributed by atoms with Gasteiger partial charge < -0.3 is 5.11 Å². The predicted octanol–water partition coefficient (Wildman–Crippen LogP) is 2.51. The summed E-state index contributed by atoms with van der Waals surface area (Å²) >= 11 is 0. The largest absolute Gasteiger partial charge is 0.386 e. The summed E-state index contributed by atoms with van der Waals surface area (Å²) in [6.45, 7) is 0. The van der Waals surface area contributed by atoms with Crippen LogP contribution in [0.5, 0.6) is 0 Å². The van der Waals surface area contributed by atoms with E-state index in [1.165, 1.54) is 6.08 Å². The van der Waals surface area contributed by atoms with E-state index in [2.05, 4.69) is 5.92 Å². The molecule has 0 amide bonds.